The Balaban J connectivity index is 1.35. The van der Waals surface area contributed by atoms with Gasteiger partial charge in [-0.05, 0) is 135 Å². The Morgan fingerprint density at radius 3 is 2.00 bits per heavy atom. The number of phenolic OH excluding ortho intramolecular Hbond substituents is 1. The minimum atomic E-state index is -0.893. The molecule has 0 aliphatic rings. The van der Waals surface area contributed by atoms with E-state index in [0.717, 1.165) is 78.0 Å². The number of benzene rings is 6. The lowest BCUT2D eigenvalue weighted by Gasteiger charge is -2.22. The van der Waals surface area contributed by atoms with Crippen molar-refractivity contribution in [1.29, 1.82) is 0 Å². The fraction of sp³-hybridized carbons (Fsp3) is 0.236. The van der Waals surface area contributed by atoms with Gasteiger partial charge < -0.3 is 5.11 Å². The van der Waals surface area contributed by atoms with Crippen LogP contribution in [0.1, 0.15) is 90.5 Å². The van der Waals surface area contributed by atoms with Crippen molar-refractivity contribution in [3.8, 4) is 67.5 Å². The predicted octanol–water partition coefficient (Wildman–Crippen LogP) is 14.8. The molecule has 0 radical (unpaired) electrons. The van der Waals surface area contributed by atoms with Gasteiger partial charge in [-0.1, -0.05) is 140 Å². The molecule has 0 saturated heterocycles. The standard InChI is InChI=1S/C55H55N3O/c1-34(2)47-33-44(23-24-45(47)38-15-12-11-13-16-38)58-50-18-14-17-46(51(50)57-53(58)48-28-35(3)27-36(4)52(48)59)40-29-41(31-43(30-40)55(8,9)10)49-32-39(25-26-56-49)37-19-21-42(22-20-37)54(5,6)7/h11-34,59H,1-10H3/i34D. The fourth-order valence-corrected chi connectivity index (χ4v) is 8.15. The number of aryl methyl sites for hydroxylation is 2. The van der Waals surface area contributed by atoms with Crippen molar-refractivity contribution in [2.24, 2.45) is 0 Å². The molecule has 0 atom stereocenters. The third-order valence-electron chi connectivity index (χ3n) is 11.5. The lowest BCUT2D eigenvalue weighted by atomic mass is 9.83. The fourth-order valence-electron chi connectivity index (χ4n) is 8.15. The molecule has 8 aromatic rings. The number of pyridine rings is 1. The Kier molecular flexibility index (Phi) is 9.83. The van der Waals surface area contributed by atoms with Crippen molar-refractivity contribution in [2.45, 2.75) is 86.0 Å². The van der Waals surface area contributed by atoms with Crippen LogP contribution in [0, 0.1) is 13.8 Å². The van der Waals surface area contributed by atoms with Gasteiger partial charge in [0.2, 0.25) is 0 Å². The predicted molar refractivity (Wildman–Crippen MR) is 249 cm³/mol. The van der Waals surface area contributed by atoms with Crippen molar-refractivity contribution in [2.75, 3.05) is 0 Å². The smallest absolute Gasteiger partial charge is 0.149 e. The Morgan fingerprint density at radius 1 is 0.593 bits per heavy atom. The molecule has 0 saturated carbocycles. The number of imidazole rings is 1. The Bertz CT molecular complexity index is 2880. The SMILES string of the molecule is [2H]C(C)(C)c1cc(-n2c(-c3cc(C)cc(C)c3O)nc3c(-c4cc(-c5cc(-c6ccc(C(C)(C)C)cc6)ccn5)cc(C(C)(C)C)c4)cccc32)ccc1-c1ccccc1. The van der Waals surface area contributed by atoms with Crippen molar-refractivity contribution in [1.82, 2.24) is 14.5 Å². The Hall–Kier alpha value is -6.26. The summed E-state index contributed by atoms with van der Waals surface area (Å²) in [6.07, 6.45) is 1.91. The van der Waals surface area contributed by atoms with Crippen molar-refractivity contribution in [3.05, 3.63) is 167 Å². The number of hydrogen-bond acceptors (Lipinski definition) is 3. The van der Waals surface area contributed by atoms with E-state index in [1.54, 1.807) is 0 Å². The largest absolute Gasteiger partial charge is 0.507 e. The number of hydrogen-bond donors (Lipinski definition) is 1. The molecule has 1 N–H and O–H groups in total. The second-order valence-corrected chi connectivity index (χ2v) is 18.3. The highest BCUT2D eigenvalue weighted by atomic mass is 16.3. The maximum atomic E-state index is 11.7. The third-order valence-corrected chi connectivity index (χ3v) is 11.5. The molecule has 0 spiro atoms. The molecule has 296 valence electrons. The van der Waals surface area contributed by atoms with Gasteiger partial charge in [0.1, 0.15) is 11.6 Å². The van der Waals surface area contributed by atoms with Crippen molar-refractivity contribution >= 4 is 11.0 Å². The van der Waals surface area contributed by atoms with Crippen LogP contribution < -0.4 is 0 Å². The van der Waals surface area contributed by atoms with E-state index in [2.05, 4.69) is 149 Å². The zero-order valence-corrected chi connectivity index (χ0v) is 36.1. The van der Waals surface area contributed by atoms with Gasteiger partial charge in [-0.15, -0.1) is 0 Å². The molecule has 2 heterocycles. The molecule has 59 heavy (non-hydrogen) atoms. The van der Waals surface area contributed by atoms with E-state index in [1.165, 1.54) is 11.1 Å². The molecule has 6 aromatic carbocycles. The molecule has 0 fully saturated rings. The highest BCUT2D eigenvalue weighted by molar-refractivity contribution is 5.97. The minimum absolute atomic E-state index is 0.0827. The maximum Gasteiger partial charge on any atom is 0.149 e. The molecule has 0 unspecified atom stereocenters. The van der Waals surface area contributed by atoms with Gasteiger partial charge in [0.05, 0.1) is 22.3 Å². The minimum Gasteiger partial charge on any atom is -0.507 e. The summed E-state index contributed by atoms with van der Waals surface area (Å²) < 4.78 is 11.4. The zero-order valence-electron chi connectivity index (χ0n) is 37.1. The summed E-state index contributed by atoms with van der Waals surface area (Å²) in [4.78, 5) is 10.4. The van der Waals surface area contributed by atoms with E-state index in [9.17, 15) is 6.48 Å². The summed E-state index contributed by atoms with van der Waals surface area (Å²) in [5.74, 6) is -0.0469. The lowest BCUT2D eigenvalue weighted by molar-refractivity contribution is 0.472. The molecule has 0 aliphatic carbocycles. The summed E-state index contributed by atoms with van der Waals surface area (Å²) in [5, 5.41) is 11.7. The molecular weight excluding hydrogens is 719 g/mol. The number of phenols is 1. The number of aromatic hydroxyl groups is 1. The third kappa shape index (κ3) is 7.72. The van der Waals surface area contributed by atoms with Gasteiger partial charge in [0.15, 0.2) is 0 Å². The van der Waals surface area contributed by atoms with Gasteiger partial charge in [0, 0.05) is 24.4 Å². The van der Waals surface area contributed by atoms with E-state index in [-0.39, 0.29) is 16.6 Å². The lowest BCUT2D eigenvalue weighted by Crippen LogP contribution is -2.11. The molecule has 4 nitrogen and oxygen atoms in total. The highest BCUT2D eigenvalue weighted by Crippen LogP contribution is 2.42. The van der Waals surface area contributed by atoms with Gasteiger partial charge in [-0.3, -0.25) is 9.55 Å². The monoisotopic (exact) mass is 774 g/mol. The van der Waals surface area contributed by atoms with Crippen LogP contribution >= 0.6 is 0 Å². The number of fused-ring (bicyclic) bond motifs is 1. The second-order valence-electron chi connectivity index (χ2n) is 18.3. The first-order valence-corrected chi connectivity index (χ1v) is 20.6. The van der Waals surface area contributed by atoms with Crippen molar-refractivity contribution in [3.63, 3.8) is 0 Å². The highest BCUT2D eigenvalue weighted by Gasteiger charge is 2.24. The van der Waals surface area contributed by atoms with Crippen molar-refractivity contribution < 1.29 is 6.48 Å². The topological polar surface area (TPSA) is 50.9 Å². The van der Waals surface area contributed by atoms with Crippen LogP contribution in [-0.4, -0.2) is 19.6 Å². The number of nitrogens with zero attached hydrogens (tertiary/aromatic N) is 3. The van der Waals surface area contributed by atoms with Crippen LogP contribution in [-0.2, 0) is 10.8 Å². The zero-order chi connectivity index (χ0) is 42.7. The van der Waals surface area contributed by atoms with Crippen LogP contribution in [0.2, 0.25) is 0 Å². The molecular formula is C55H55N3O. The number of aromatic nitrogens is 3. The first-order chi connectivity index (χ1) is 28.4. The van der Waals surface area contributed by atoms with Crippen LogP contribution in [0.3, 0.4) is 0 Å². The Labute approximate surface area is 351 Å². The van der Waals surface area contributed by atoms with Gasteiger partial charge in [-0.2, -0.15) is 0 Å². The van der Waals surface area contributed by atoms with E-state index in [4.69, 9.17) is 9.97 Å². The normalized spacial score (nSPS) is 12.5. The molecule has 0 amide bonds. The van der Waals surface area contributed by atoms with E-state index in [0.29, 0.717) is 11.4 Å². The quantitative estimate of drug-likeness (QED) is 0.175. The van der Waals surface area contributed by atoms with Crippen LogP contribution in [0.15, 0.2) is 140 Å². The van der Waals surface area contributed by atoms with Gasteiger partial charge in [-0.25, -0.2) is 4.98 Å². The molecule has 0 bridgehead atoms. The summed E-state index contributed by atoms with van der Waals surface area (Å²) in [6, 6.07) is 46.9. The maximum absolute atomic E-state index is 11.7. The van der Waals surface area contributed by atoms with Crippen LogP contribution in [0.5, 0.6) is 5.75 Å². The van der Waals surface area contributed by atoms with Crippen LogP contribution in [0.25, 0.3) is 72.7 Å². The van der Waals surface area contributed by atoms with Gasteiger partial charge >= 0.3 is 0 Å². The summed E-state index contributed by atoms with van der Waals surface area (Å²) >= 11 is 0. The summed E-state index contributed by atoms with van der Waals surface area (Å²) in [5.41, 5.74) is 16.8. The molecule has 2 aromatic heterocycles. The first kappa shape index (κ1) is 38.3. The number of rotatable bonds is 7. The van der Waals surface area contributed by atoms with E-state index >= 15 is 0 Å². The van der Waals surface area contributed by atoms with Crippen LogP contribution in [0.4, 0.5) is 0 Å². The molecule has 0 aliphatic heterocycles. The number of para-hydroxylation sites is 1. The molecule has 4 heteroatoms. The average molecular weight is 775 g/mol. The first-order valence-electron chi connectivity index (χ1n) is 21.1. The second kappa shape index (κ2) is 15.2. The summed E-state index contributed by atoms with van der Waals surface area (Å²) in [7, 11) is 0. The average Bonchev–Trinajstić information content (AvgIpc) is 3.61. The Morgan fingerprint density at radius 2 is 1.31 bits per heavy atom. The molecule has 8 rings (SSSR count). The van der Waals surface area contributed by atoms with E-state index < -0.39 is 5.89 Å². The van der Waals surface area contributed by atoms with Gasteiger partial charge in [0.25, 0.3) is 0 Å². The summed E-state index contributed by atoms with van der Waals surface area (Å²) in [6.45, 7) is 21.3. The van der Waals surface area contributed by atoms with E-state index in [1.807, 2.05) is 64.2 Å².